The van der Waals surface area contributed by atoms with Crippen molar-refractivity contribution in [1.29, 1.82) is 0 Å². The molecule has 0 spiro atoms. The summed E-state index contributed by atoms with van der Waals surface area (Å²) in [6, 6.07) is 0. The van der Waals surface area contributed by atoms with Gasteiger partial charge in [0.2, 0.25) is 5.91 Å². The standard InChI is InChI=1S/C19H39N5O/c1-7-20-18(22-12-17(25)23-19(4,5)6)21-11-16-9-8-10-24(14-16)13-15(2)3/h15-16H,7-14H2,1-6H3,(H,23,25)(H2,20,21,22). The van der Waals surface area contributed by atoms with Gasteiger partial charge in [0.05, 0.1) is 0 Å². The Morgan fingerprint density at radius 2 is 2.00 bits per heavy atom. The molecule has 0 saturated carbocycles. The summed E-state index contributed by atoms with van der Waals surface area (Å²) in [5.41, 5.74) is -0.222. The van der Waals surface area contributed by atoms with Crippen LogP contribution in [-0.2, 0) is 4.79 Å². The van der Waals surface area contributed by atoms with E-state index in [2.05, 4.69) is 39.7 Å². The van der Waals surface area contributed by atoms with Crippen LogP contribution in [0.4, 0.5) is 0 Å². The predicted octanol–water partition coefficient (Wildman–Crippen LogP) is 1.82. The molecule has 1 aliphatic rings. The zero-order chi connectivity index (χ0) is 18.9. The number of nitrogens with one attached hydrogen (secondary N) is 3. The molecule has 1 saturated heterocycles. The van der Waals surface area contributed by atoms with E-state index in [1.165, 1.54) is 25.9 Å². The lowest BCUT2D eigenvalue weighted by Gasteiger charge is -2.34. The highest BCUT2D eigenvalue weighted by atomic mass is 16.2. The maximum absolute atomic E-state index is 11.9. The first-order chi connectivity index (χ1) is 11.7. The number of rotatable bonds is 7. The molecule has 146 valence electrons. The molecule has 1 amide bonds. The molecule has 0 aliphatic carbocycles. The number of carbonyl (C=O) groups excluding carboxylic acids is 1. The van der Waals surface area contributed by atoms with Gasteiger partial charge >= 0.3 is 0 Å². The number of hydrogen-bond donors (Lipinski definition) is 3. The van der Waals surface area contributed by atoms with Gasteiger partial charge in [0.1, 0.15) is 6.54 Å². The van der Waals surface area contributed by atoms with Crippen molar-refractivity contribution in [3.63, 3.8) is 0 Å². The van der Waals surface area contributed by atoms with Gasteiger partial charge in [0.25, 0.3) is 0 Å². The third-order valence-electron chi connectivity index (χ3n) is 4.02. The number of nitrogens with zero attached hydrogens (tertiary/aromatic N) is 2. The minimum Gasteiger partial charge on any atom is -0.357 e. The van der Waals surface area contributed by atoms with Gasteiger partial charge < -0.3 is 20.9 Å². The molecule has 0 radical (unpaired) electrons. The van der Waals surface area contributed by atoms with E-state index >= 15 is 0 Å². The summed E-state index contributed by atoms with van der Waals surface area (Å²) in [6.07, 6.45) is 2.52. The van der Waals surface area contributed by atoms with Crippen molar-refractivity contribution in [3.05, 3.63) is 0 Å². The number of aliphatic imine (C=N–C) groups is 1. The summed E-state index contributed by atoms with van der Waals surface area (Å²) in [4.78, 5) is 18.9. The molecular weight excluding hydrogens is 314 g/mol. The Morgan fingerprint density at radius 1 is 1.28 bits per heavy atom. The van der Waals surface area contributed by atoms with Gasteiger partial charge in [-0.2, -0.15) is 0 Å². The highest BCUT2D eigenvalue weighted by Gasteiger charge is 2.20. The summed E-state index contributed by atoms with van der Waals surface area (Å²) < 4.78 is 0. The van der Waals surface area contributed by atoms with Crippen LogP contribution in [0.15, 0.2) is 4.99 Å². The molecule has 1 fully saturated rings. The normalized spacial score (nSPS) is 19.8. The van der Waals surface area contributed by atoms with E-state index < -0.39 is 0 Å². The first kappa shape index (κ1) is 21.7. The molecule has 0 aromatic carbocycles. The summed E-state index contributed by atoms with van der Waals surface area (Å²) in [6.45, 7) is 17.9. The second-order valence-electron chi connectivity index (χ2n) is 8.54. The Labute approximate surface area is 154 Å². The van der Waals surface area contributed by atoms with Crippen LogP contribution in [0.5, 0.6) is 0 Å². The van der Waals surface area contributed by atoms with Crippen molar-refractivity contribution in [2.75, 3.05) is 39.3 Å². The number of piperidine rings is 1. The monoisotopic (exact) mass is 353 g/mol. The van der Waals surface area contributed by atoms with E-state index in [0.29, 0.717) is 11.8 Å². The number of likely N-dealkylation sites (tertiary alicyclic amines) is 1. The van der Waals surface area contributed by atoms with Crippen molar-refractivity contribution in [1.82, 2.24) is 20.9 Å². The molecule has 1 atom stereocenters. The molecule has 0 bridgehead atoms. The van der Waals surface area contributed by atoms with E-state index in [1.807, 2.05) is 27.7 Å². The van der Waals surface area contributed by atoms with Crippen LogP contribution < -0.4 is 16.0 Å². The quantitative estimate of drug-likeness (QED) is 0.482. The van der Waals surface area contributed by atoms with Crippen molar-refractivity contribution < 1.29 is 4.79 Å². The Balaban J connectivity index is 2.46. The zero-order valence-electron chi connectivity index (χ0n) is 17.1. The summed E-state index contributed by atoms with van der Waals surface area (Å²) >= 11 is 0. The maximum Gasteiger partial charge on any atom is 0.242 e. The van der Waals surface area contributed by atoms with Gasteiger partial charge in [-0.15, -0.1) is 0 Å². The molecule has 25 heavy (non-hydrogen) atoms. The average molecular weight is 354 g/mol. The molecule has 0 aromatic heterocycles. The van der Waals surface area contributed by atoms with Gasteiger partial charge in [-0.05, 0) is 58.9 Å². The molecule has 6 heteroatoms. The molecule has 3 N–H and O–H groups in total. The molecule has 1 unspecified atom stereocenters. The largest absolute Gasteiger partial charge is 0.357 e. The van der Waals surface area contributed by atoms with Gasteiger partial charge in [0, 0.05) is 31.7 Å². The smallest absolute Gasteiger partial charge is 0.242 e. The fourth-order valence-corrected chi connectivity index (χ4v) is 3.19. The molecule has 1 rings (SSSR count). The fourth-order valence-electron chi connectivity index (χ4n) is 3.19. The second kappa shape index (κ2) is 10.6. The zero-order valence-corrected chi connectivity index (χ0v) is 17.1. The predicted molar refractivity (Wildman–Crippen MR) is 106 cm³/mol. The minimum absolute atomic E-state index is 0.0505. The summed E-state index contributed by atoms with van der Waals surface area (Å²) in [5, 5.41) is 9.58. The Bertz CT molecular complexity index is 428. The summed E-state index contributed by atoms with van der Waals surface area (Å²) in [7, 11) is 0. The van der Waals surface area contributed by atoms with Crippen LogP contribution in [0.3, 0.4) is 0 Å². The number of carbonyl (C=O) groups is 1. The van der Waals surface area contributed by atoms with E-state index in [9.17, 15) is 4.79 Å². The Hall–Kier alpha value is -1.30. The van der Waals surface area contributed by atoms with Crippen molar-refractivity contribution in [2.45, 2.75) is 59.9 Å². The minimum atomic E-state index is -0.222. The van der Waals surface area contributed by atoms with Gasteiger partial charge in [0.15, 0.2) is 5.96 Å². The summed E-state index contributed by atoms with van der Waals surface area (Å²) in [5.74, 6) is 2.03. The lowest BCUT2D eigenvalue weighted by molar-refractivity contribution is -0.121. The number of hydrogen-bond acceptors (Lipinski definition) is 3. The van der Waals surface area contributed by atoms with E-state index in [1.54, 1.807) is 0 Å². The highest BCUT2D eigenvalue weighted by molar-refractivity contribution is 5.85. The average Bonchev–Trinajstić information content (AvgIpc) is 2.48. The van der Waals surface area contributed by atoms with Crippen LogP contribution in [0, 0.1) is 11.8 Å². The van der Waals surface area contributed by atoms with Crippen molar-refractivity contribution in [2.24, 2.45) is 16.8 Å². The third-order valence-corrected chi connectivity index (χ3v) is 4.02. The second-order valence-corrected chi connectivity index (χ2v) is 8.54. The fraction of sp³-hybridized carbons (Fsp3) is 0.895. The SMILES string of the molecule is CCNC(=NCC(=O)NC(C)(C)C)NCC1CCCN(CC(C)C)C1. The van der Waals surface area contributed by atoms with Gasteiger partial charge in [-0.25, -0.2) is 4.99 Å². The Kier molecular flexibility index (Phi) is 9.25. The van der Waals surface area contributed by atoms with Crippen LogP contribution in [-0.4, -0.2) is 61.6 Å². The van der Waals surface area contributed by atoms with E-state index in [4.69, 9.17) is 0 Å². The highest BCUT2D eigenvalue weighted by Crippen LogP contribution is 2.16. The number of guanidine groups is 1. The lowest BCUT2D eigenvalue weighted by Crippen LogP contribution is -2.46. The molecular formula is C19H39N5O. The number of amides is 1. The Morgan fingerprint density at radius 3 is 2.60 bits per heavy atom. The maximum atomic E-state index is 11.9. The molecule has 1 heterocycles. The van der Waals surface area contributed by atoms with Crippen LogP contribution in [0.1, 0.15) is 54.4 Å². The molecule has 0 aromatic rings. The van der Waals surface area contributed by atoms with Crippen molar-refractivity contribution >= 4 is 11.9 Å². The lowest BCUT2D eigenvalue weighted by atomic mass is 9.97. The topological polar surface area (TPSA) is 68.8 Å². The van der Waals surface area contributed by atoms with Gasteiger partial charge in [-0.3, -0.25) is 4.79 Å². The molecule has 6 nitrogen and oxygen atoms in total. The first-order valence-electron chi connectivity index (χ1n) is 9.75. The first-order valence-corrected chi connectivity index (χ1v) is 9.75. The van der Waals surface area contributed by atoms with E-state index in [-0.39, 0.29) is 18.0 Å². The van der Waals surface area contributed by atoms with Crippen LogP contribution >= 0.6 is 0 Å². The third kappa shape index (κ3) is 10.3. The molecule has 1 aliphatic heterocycles. The van der Waals surface area contributed by atoms with Crippen LogP contribution in [0.25, 0.3) is 0 Å². The van der Waals surface area contributed by atoms with Gasteiger partial charge in [-0.1, -0.05) is 13.8 Å². The van der Waals surface area contributed by atoms with Crippen molar-refractivity contribution in [3.8, 4) is 0 Å². The van der Waals surface area contributed by atoms with E-state index in [0.717, 1.165) is 25.6 Å². The van der Waals surface area contributed by atoms with Crippen LogP contribution in [0.2, 0.25) is 0 Å².